The molecular weight excluding hydrogens is 290 g/mol. The molecule has 2 aromatic rings. The van der Waals surface area contributed by atoms with Crippen molar-refractivity contribution < 1.29 is 14.3 Å². The van der Waals surface area contributed by atoms with Gasteiger partial charge in [0.25, 0.3) is 0 Å². The van der Waals surface area contributed by atoms with E-state index < -0.39 is 5.97 Å². The molecule has 0 unspecified atom stereocenters. The van der Waals surface area contributed by atoms with Crippen molar-refractivity contribution in [1.82, 2.24) is 0 Å². The summed E-state index contributed by atoms with van der Waals surface area (Å²) in [5.41, 5.74) is 1.44. The minimum absolute atomic E-state index is 0.210. The Bertz CT molecular complexity index is 767. The molecule has 23 heavy (non-hydrogen) atoms. The Balaban J connectivity index is 2.36. The number of hydrogen-bond acceptors (Lipinski definition) is 4. The summed E-state index contributed by atoms with van der Waals surface area (Å²) < 4.78 is 10.8. The Morgan fingerprint density at radius 3 is 2.48 bits per heavy atom. The largest absolute Gasteiger partial charge is 0.497 e. The van der Waals surface area contributed by atoms with Gasteiger partial charge in [0.05, 0.1) is 24.3 Å². The van der Waals surface area contributed by atoms with Gasteiger partial charge >= 0.3 is 5.97 Å². The van der Waals surface area contributed by atoms with Crippen LogP contribution in [0, 0.1) is 11.3 Å². The number of methoxy groups -OCH3 is 1. The molecule has 0 saturated carbocycles. The van der Waals surface area contributed by atoms with E-state index in [-0.39, 0.29) is 5.41 Å². The second-order valence-electron chi connectivity index (χ2n) is 6.19. The second kappa shape index (κ2) is 6.53. The van der Waals surface area contributed by atoms with Crippen LogP contribution in [0.1, 0.15) is 42.3 Å². The molecule has 0 aliphatic carbocycles. The quantitative estimate of drug-likeness (QED) is 0.633. The summed E-state index contributed by atoms with van der Waals surface area (Å²) in [6, 6.07) is 13.8. The smallest absolute Gasteiger partial charge is 0.343 e. The summed E-state index contributed by atoms with van der Waals surface area (Å²) in [7, 11) is 1.60. The summed E-state index contributed by atoms with van der Waals surface area (Å²) >= 11 is 0. The predicted octanol–water partition coefficient (Wildman–Crippen LogP) is 4.08. The van der Waals surface area contributed by atoms with Crippen molar-refractivity contribution in [2.45, 2.75) is 26.2 Å². The van der Waals surface area contributed by atoms with E-state index in [1.807, 2.05) is 32.9 Å². The fourth-order valence-corrected chi connectivity index (χ4v) is 2.19. The van der Waals surface area contributed by atoms with Crippen LogP contribution in [0.4, 0.5) is 0 Å². The minimum Gasteiger partial charge on any atom is -0.497 e. The van der Waals surface area contributed by atoms with Crippen LogP contribution in [0.25, 0.3) is 0 Å². The lowest BCUT2D eigenvalue weighted by molar-refractivity contribution is 0.0731. The summed E-state index contributed by atoms with van der Waals surface area (Å²) in [6.45, 7) is 6.11. The van der Waals surface area contributed by atoms with Gasteiger partial charge in [-0.15, -0.1) is 0 Å². The molecule has 0 N–H and O–H groups in total. The number of ether oxygens (including phenoxy) is 2. The van der Waals surface area contributed by atoms with Crippen LogP contribution in [0.15, 0.2) is 42.5 Å². The van der Waals surface area contributed by atoms with E-state index in [9.17, 15) is 4.79 Å². The van der Waals surface area contributed by atoms with Crippen molar-refractivity contribution in [3.05, 3.63) is 59.2 Å². The standard InChI is InChI=1S/C19H19NO3/c1-19(2,3)16-11-15(22-4)8-9-17(16)23-18(21)14-7-5-6-13(10-14)12-20/h5-11H,1-4H3. The third-order valence-corrected chi connectivity index (χ3v) is 3.42. The first-order valence-electron chi connectivity index (χ1n) is 7.26. The Morgan fingerprint density at radius 1 is 1.13 bits per heavy atom. The summed E-state index contributed by atoms with van der Waals surface area (Å²) in [5, 5.41) is 8.93. The van der Waals surface area contributed by atoms with Crippen molar-refractivity contribution in [2.24, 2.45) is 0 Å². The fraction of sp³-hybridized carbons (Fsp3) is 0.263. The first-order chi connectivity index (χ1) is 10.8. The molecule has 0 radical (unpaired) electrons. The lowest BCUT2D eigenvalue weighted by Crippen LogP contribution is -2.16. The molecule has 0 amide bonds. The number of nitrogens with zero attached hydrogens (tertiary/aromatic N) is 1. The lowest BCUT2D eigenvalue weighted by Gasteiger charge is -2.23. The molecule has 118 valence electrons. The van der Waals surface area contributed by atoms with Gasteiger partial charge in [-0.1, -0.05) is 26.8 Å². The highest BCUT2D eigenvalue weighted by molar-refractivity contribution is 5.91. The van der Waals surface area contributed by atoms with Crippen LogP contribution in [0.2, 0.25) is 0 Å². The number of nitriles is 1. The zero-order chi connectivity index (χ0) is 17.0. The van der Waals surface area contributed by atoms with E-state index in [1.54, 1.807) is 37.4 Å². The van der Waals surface area contributed by atoms with Crippen molar-refractivity contribution >= 4 is 5.97 Å². The zero-order valence-electron chi connectivity index (χ0n) is 13.7. The number of hydrogen-bond donors (Lipinski definition) is 0. The topological polar surface area (TPSA) is 59.3 Å². The number of benzene rings is 2. The monoisotopic (exact) mass is 309 g/mol. The van der Waals surface area contributed by atoms with Gasteiger partial charge in [0, 0.05) is 5.56 Å². The second-order valence-corrected chi connectivity index (χ2v) is 6.19. The highest BCUT2D eigenvalue weighted by Crippen LogP contribution is 2.34. The van der Waals surface area contributed by atoms with Crippen molar-refractivity contribution in [3.8, 4) is 17.6 Å². The maximum absolute atomic E-state index is 12.4. The molecule has 2 rings (SSSR count). The van der Waals surface area contributed by atoms with Crippen LogP contribution in [-0.2, 0) is 5.41 Å². The molecule has 4 heteroatoms. The van der Waals surface area contributed by atoms with E-state index in [0.717, 1.165) is 5.56 Å². The SMILES string of the molecule is COc1ccc(OC(=O)c2cccc(C#N)c2)c(C(C)(C)C)c1. The molecular formula is C19H19NO3. The van der Waals surface area contributed by atoms with Gasteiger partial charge < -0.3 is 9.47 Å². The predicted molar refractivity (Wildman–Crippen MR) is 87.8 cm³/mol. The molecule has 0 aromatic heterocycles. The molecule has 4 nitrogen and oxygen atoms in total. The summed E-state index contributed by atoms with van der Waals surface area (Å²) in [4.78, 5) is 12.4. The molecule has 0 spiro atoms. The van der Waals surface area contributed by atoms with Crippen LogP contribution >= 0.6 is 0 Å². The van der Waals surface area contributed by atoms with Crippen LogP contribution < -0.4 is 9.47 Å². The molecule has 0 fully saturated rings. The van der Waals surface area contributed by atoms with E-state index in [4.69, 9.17) is 14.7 Å². The summed E-state index contributed by atoms with van der Waals surface area (Å²) in [6.07, 6.45) is 0. The normalized spacial score (nSPS) is 10.7. The number of esters is 1. The van der Waals surface area contributed by atoms with Crippen LogP contribution in [0.3, 0.4) is 0 Å². The van der Waals surface area contributed by atoms with Gasteiger partial charge in [0.1, 0.15) is 11.5 Å². The zero-order valence-corrected chi connectivity index (χ0v) is 13.7. The molecule has 0 aliphatic rings. The number of carbonyl (C=O) groups excluding carboxylic acids is 1. The Kier molecular flexibility index (Phi) is 4.71. The lowest BCUT2D eigenvalue weighted by atomic mass is 9.86. The van der Waals surface area contributed by atoms with Gasteiger partial charge in [-0.05, 0) is 41.8 Å². The molecule has 2 aromatic carbocycles. The van der Waals surface area contributed by atoms with Gasteiger partial charge in [0.2, 0.25) is 0 Å². The third kappa shape index (κ3) is 3.89. The molecule has 0 saturated heterocycles. The molecule has 0 heterocycles. The van der Waals surface area contributed by atoms with Gasteiger partial charge in [-0.25, -0.2) is 4.79 Å². The maximum Gasteiger partial charge on any atom is 0.343 e. The number of carbonyl (C=O) groups is 1. The van der Waals surface area contributed by atoms with Crippen LogP contribution in [-0.4, -0.2) is 13.1 Å². The van der Waals surface area contributed by atoms with E-state index in [0.29, 0.717) is 22.6 Å². The van der Waals surface area contributed by atoms with Gasteiger partial charge in [0.15, 0.2) is 0 Å². The maximum atomic E-state index is 12.4. The van der Waals surface area contributed by atoms with E-state index in [2.05, 4.69) is 0 Å². The highest BCUT2D eigenvalue weighted by Gasteiger charge is 2.22. The Labute approximate surface area is 136 Å². The average Bonchev–Trinajstić information content (AvgIpc) is 2.54. The van der Waals surface area contributed by atoms with Crippen LogP contribution in [0.5, 0.6) is 11.5 Å². The Hall–Kier alpha value is -2.80. The first-order valence-corrected chi connectivity index (χ1v) is 7.26. The third-order valence-electron chi connectivity index (χ3n) is 3.42. The van der Waals surface area contributed by atoms with Crippen molar-refractivity contribution in [1.29, 1.82) is 5.26 Å². The first kappa shape index (κ1) is 16.6. The van der Waals surface area contributed by atoms with Gasteiger partial charge in [-0.3, -0.25) is 0 Å². The minimum atomic E-state index is -0.488. The summed E-state index contributed by atoms with van der Waals surface area (Å²) in [5.74, 6) is 0.713. The van der Waals surface area contributed by atoms with Gasteiger partial charge in [-0.2, -0.15) is 5.26 Å². The highest BCUT2D eigenvalue weighted by atomic mass is 16.5. The van der Waals surface area contributed by atoms with Crippen molar-refractivity contribution in [3.63, 3.8) is 0 Å². The van der Waals surface area contributed by atoms with E-state index >= 15 is 0 Å². The fourth-order valence-electron chi connectivity index (χ4n) is 2.19. The molecule has 0 atom stereocenters. The van der Waals surface area contributed by atoms with E-state index in [1.165, 1.54) is 6.07 Å². The molecule has 0 aliphatic heterocycles. The van der Waals surface area contributed by atoms with Crippen molar-refractivity contribution in [2.75, 3.05) is 7.11 Å². The number of rotatable bonds is 3. The molecule has 0 bridgehead atoms. The average molecular weight is 309 g/mol. The Morgan fingerprint density at radius 2 is 1.87 bits per heavy atom.